The van der Waals surface area contributed by atoms with E-state index < -0.39 is 0 Å². The third-order valence-corrected chi connectivity index (χ3v) is 4.56. The first-order valence-electron chi connectivity index (χ1n) is 6.84. The van der Waals surface area contributed by atoms with Gasteiger partial charge in [-0.1, -0.05) is 19.9 Å². The molecule has 0 radical (unpaired) electrons. The van der Waals surface area contributed by atoms with Gasteiger partial charge < -0.3 is 14.8 Å². The van der Waals surface area contributed by atoms with Crippen molar-refractivity contribution in [3.05, 3.63) is 35.8 Å². The molecule has 2 aromatic heterocycles. The first kappa shape index (κ1) is 12.6. The van der Waals surface area contributed by atoms with Crippen molar-refractivity contribution in [2.45, 2.75) is 45.9 Å². The minimum absolute atomic E-state index is 0.0333. The fourth-order valence-electron chi connectivity index (χ4n) is 2.85. The maximum atomic E-state index is 9.77. The SMILES string of the molecule is Cc1nc2ccccn2c1CNC1CC(O)C1(C)C. The fourth-order valence-corrected chi connectivity index (χ4v) is 2.85. The summed E-state index contributed by atoms with van der Waals surface area (Å²) in [5.41, 5.74) is 3.22. The number of pyridine rings is 1. The summed E-state index contributed by atoms with van der Waals surface area (Å²) >= 11 is 0. The summed E-state index contributed by atoms with van der Waals surface area (Å²) in [4.78, 5) is 4.56. The van der Waals surface area contributed by atoms with E-state index in [-0.39, 0.29) is 11.5 Å². The lowest BCUT2D eigenvalue weighted by Gasteiger charge is -2.49. The Morgan fingerprint density at radius 2 is 2.26 bits per heavy atom. The number of nitrogens with one attached hydrogen (secondary N) is 1. The van der Waals surface area contributed by atoms with Gasteiger partial charge in [-0.15, -0.1) is 0 Å². The van der Waals surface area contributed by atoms with Gasteiger partial charge in [-0.2, -0.15) is 0 Å². The van der Waals surface area contributed by atoms with Gasteiger partial charge in [-0.05, 0) is 25.5 Å². The molecule has 19 heavy (non-hydrogen) atoms. The van der Waals surface area contributed by atoms with Crippen LogP contribution in [0.5, 0.6) is 0 Å². The number of nitrogens with zero attached hydrogens (tertiary/aromatic N) is 2. The van der Waals surface area contributed by atoms with Crippen molar-refractivity contribution in [2.24, 2.45) is 5.41 Å². The van der Waals surface area contributed by atoms with E-state index in [1.54, 1.807) is 0 Å². The molecular formula is C15H21N3O. The van der Waals surface area contributed by atoms with Crippen LogP contribution in [0.4, 0.5) is 0 Å². The van der Waals surface area contributed by atoms with Gasteiger partial charge >= 0.3 is 0 Å². The standard InChI is InChI=1S/C15H21N3O/c1-10-11(18-7-5-4-6-14(18)17-10)9-16-12-8-13(19)15(12,2)3/h4-7,12-13,16,19H,8-9H2,1-3H3. The van der Waals surface area contributed by atoms with E-state index in [9.17, 15) is 5.11 Å². The maximum absolute atomic E-state index is 9.77. The summed E-state index contributed by atoms with van der Waals surface area (Å²) < 4.78 is 2.13. The lowest BCUT2D eigenvalue weighted by molar-refractivity contribution is -0.0731. The number of fused-ring (bicyclic) bond motifs is 1. The van der Waals surface area contributed by atoms with Crippen molar-refractivity contribution in [1.82, 2.24) is 14.7 Å². The second-order valence-corrected chi connectivity index (χ2v) is 6.08. The molecule has 0 bridgehead atoms. The van der Waals surface area contributed by atoms with Crippen molar-refractivity contribution < 1.29 is 5.11 Å². The first-order valence-corrected chi connectivity index (χ1v) is 6.84. The lowest BCUT2D eigenvalue weighted by Crippen LogP contribution is -2.59. The predicted molar refractivity (Wildman–Crippen MR) is 75.0 cm³/mol. The van der Waals surface area contributed by atoms with Crippen LogP contribution >= 0.6 is 0 Å². The zero-order chi connectivity index (χ0) is 13.6. The van der Waals surface area contributed by atoms with Gasteiger partial charge in [0.2, 0.25) is 0 Å². The number of rotatable bonds is 3. The summed E-state index contributed by atoms with van der Waals surface area (Å²) in [6.07, 6.45) is 2.70. The Kier molecular flexibility index (Phi) is 2.87. The normalized spacial score (nSPS) is 25.5. The van der Waals surface area contributed by atoms with Gasteiger partial charge in [0.1, 0.15) is 5.65 Å². The Hall–Kier alpha value is -1.39. The highest BCUT2D eigenvalue weighted by molar-refractivity contribution is 5.42. The molecule has 3 rings (SSSR count). The van der Waals surface area contributed by atoms with Crippen LogP contribution in [0.2, 0.25) is 0 Å². The van der Waals surface area contributed by atoms with Crippen LogP contribution in [0.3, 0.4) is 0 Å². The lowest BCUT2D eigenvalue weighted by atomic mass is 9.64. The molecule has 2 heterocycles. The second-order valence-electron chi connectivity index (χ2n) is 6.08. The van der Waals surface area contributed by atoms with Gasteiger partial charge in [0.25, 0.3) is 0 Å². The number of hydrogen-bond acceptors (Lipinski definition) is 3. The highest BCUT2D eigenvalue weighted by atomic mass is 16.3. The van der Waals surface area contributed by atoms with Crippen LogP contribution in [0.25, 0.3) is 5.65 Å². The molecule has 0 saturated heterocycles. The first-order chi connectivity index (χ1) is 9.00. The van der Waals surface area contributed by atoms with Gasteiger partial charge in [0, 0.05) is 24.2 Å². The molecule has 0 spiro atoms. The number of hydrogen-bond donors (Lipinski definition) is 2. The van der Waals surface area contributed by atoms with E-state index >= 15 is 0 Å². The largest absolute Gasteiger partial charge is 0.392 e. The average Bonchev–Trinajstić information content (AvgIpc) is 2.70. The van der Waals surface area contributed by atoms with Crippen LogP contribution in [0, 0.1) is 12.3 Å². The molecule has 0 amide bonds. The number of aliphatic hydroxyl groups is 1. The zero-order valence-corrected chi connectivity index (χ0v) is 11.7. The minimum atomic E-state index is -0.187. The van der Waals surface area contributed by atoms with Gasteiger partial charge in [0.05, 0.1) is 17.5 Å². The number of aryl methyl sites for hydroxylation is 1. The van der Waals surface area contributed by atoms with Crippen molar-refractivity contribution >= 4 is 5.65 Å². The highest BCUT2D eigenvalue weighted by Crippen LogP contribution is 2.40. The van der Waals surface area contributed by atoms with E-state index in [1.165, 1.54) is 5.69 Å². The topological polar surface area (TPSA) is 49.6 Å². The molecule has 2 atom stereocenters. The summed E-state index contributed by atoms with van der Waals surface area (Å²) in [7, 11) is 0. The van der Waals surface area contributed by atoms with Gasteiger partial charge in [-0.25, -0.2) is 4.98 Å². The smallest absolute Gasteiger partial charge is 0.137 e. The Labute approximate surface area is 113 Å². The Morgan fingerprint density at radius 1 is 1.47 bits per heavy atom. The molecule has 2 aromatic rings. The quantitative estimate of drug-likeness (QED) is 0.885. The van der Waals surface area contributed by atoms with Crippen molar-refractivity contribution in [2.75, 3.05) is 0 Å². The summed E-state index contributed by atoms with van der Waals surface area (Å²) in [6.45, 7) is 7.06. The third-order valence-electron chi connectivity index (χ3n) is 4.56. The van der Waals surface area contributed by atoms with Crippen LogP contribution < -0.4 is 5.32 Å². The van der Waals surface area contributed by atoms with Crippen molar-refractivity contribution in [1.29, 1.82) is 0 Å². The van der Waals surface area contributed by atoms with E-state index in [0.29, 0.717) is 6.04 Å². The number of imidazole rings is 1. The minimum Gasteiger partial charge on any atom is -0.392 e. The van der Waals surface area contributed by atoms with E-state index in [4.69, 9.17) is 0 Å². The molecule has 0 aromatic carbocycles. The molecule has 102 valence electrons. The number of aliphatic hydroxyl groups excluding tert-OH is 1. The Bertz CT molecular complexity index is 602. The summed E-state index contributed by atoms with van der Waals surface area (Å²) in [6, 6.07) is 6.42. The van der Waals surface area contributed by atoms with Crippen LogP contribution in [0.1, 0.15) is 31.7 Å². The maximum Gasteiger partial charge on any atom is 0.137 e. The second kappa shape index (κ2) is 4.32. The van der Waals surface area contributed by atoms with Crippen LogP contribution in [0.15, 0.2) is 24.4 Å². The Balaban J connectivity index is 1.78. The molecule has 1 saturated carbocycles. The highest BCUT2D eigenvalue weighted by Gasteiger charge is 2.46. The molecule has 0 aliphatic heterocycles. The molecule has 1 fully saturated rings. The van der Waals surface area contributed by atoms with Crippen LogP contribution in [-0.2, 0) is 6.54 Å². The molecule has 2 unspecified atom stereocenters. The molecule has 4 nitrogen and oxygen atoms in total. The van der Waals surface area contributed by atoms with Crippen molar-refractivity contribution in [3.8, 4) is 0 Å². The monoisotopic (exact) mass is 259 g/mol. The average molecular weight is 259 g/mol. The fraction of sp³-hybridized carbons (Fsp3) is 0.533. The molecule has 2 N–H and O–H groups in total. The van der Waals surface area contributed by atoms with E-state index in [0.717, 1.165) is 24.3 Å². The Morgan fingerprint density at radius 3 is 2.95 bits per heavy atom. The third kappa shape index (κ3) is 1.95. The molecule has 1 aliphatic rings. The van der Waals surface area contributed by atoms with Gasteiger partial charge in [-0.3, -0.25) is 0 Å². The van der Waals surface area contributed by atoms with E-state index in [1.807, 2.05) is 31.3 Å². The summed E-state index contributed by atoms with van der Waals surface area (Å²) in [5, 5.41) is 13.3. The van der Waals surface area contributed by atoms with Crippen molar-refractivity contribution in [3.63, 3.8) is 0 Å². The predicted octanol–water partition coefficient (Wildman–Crippen LogP) is 1.89. The molecule has 1 aliphatic carbocycles. The summed E-state index contributed by atoms with van der Waals surface area (Å²) in [5.74, 6) is 0. The number of aromatic nitrogens is 2. The van der Waals surface area contributed by atoms with Gasteiger partial charge in [0.15, 0.2) is 0 Å². The molecule has 4 heteroatoms. The molecular weight excluding hydrogens is 238 g/mol. The van der Waals surface area contributed by atoms with Crippen LogP contribution in [-0.4, -0.2) is 26.6 Å². The van der Waals surface area contributed by atoms with E-state index in [2.05, 4.69) is 28.5 Å². The zero-order valence-electron chi connectivity index (χ0n) is 11.7.